The number of likely N-dealkylation sites (N-methyl/N-ethyl adjacent to an activating group) is 2. The lowest BCUT2D eigenvalue weighted by Gasteiger charge is -2.44. The van der Waals surface area contributed by atoms with E-state index in [-0.39, 0.29) is 11.6 Å². The molecule has 1 atom stereocenters. The number of aryl methyl sites for hydroxylation is 1. The van der Waals surface area contributed by atoms with Crippen molar-refractivity contribution >= 4 is 0 Å². The SMILES string of the molecule is CCCn1ccnc1C(NC)C(CC)(CC)N(C)C. The van der Waals surface area contributed by atoms with Gasteiger partial charge in [-0.05, 0) is 40.4 Å². The number of hydrogen-bond donors (Lipinski definition) is 1. The summed E-state index contributed by atoms with van der Waals surface area (Å²) in [5.41, 5.74) is 0.103. The molecule has 0 aliphatic carbocycles. The second-order valence-electron chi connectivity index (χ2n) is 5.41. The Bertz CT molecular complexity index is 366. The molecule has 4 heteroatoms. The molecule has 1 unspecified atom stereocenters. The maximum absolute atomic E-state index is 4.62. The van der Waals surface area contributed by atoms with Crippen molar-refractivity contribution in [2.45, 2.75) is 58.2 Å². The highest BCUT2D eigenvalue weighted by atomic mass is 15.2. The fourth-order valence-corrected chi connectivity index (χ4v) is 3.20. The largest absolute Gasteiger partial charge is 0.334 e. The van der Waals surface area contributed by atoms with E-state index < -0.39 is 0 Å². The van der Waals surface area contributed by atoms with Crippen LogP contribution in [0.3, 0.4) is 0 Å². The molecule has 1 aromatic heterocycles. The third kappa shape index (κ3) is 3.00. The van der Waals surface area contributed by atoms with E-state index in [4.69, 9.17) is 0 Å². The molecule has 0 aromatic carbocycles. The summed E-state index contributed by atoms with van der Waals surface area (Å²) in [4.78, 5) is 6.97. The van der Waals surface area contributed by atoms with Crippen molar-refractivity contribution in [3.8, 4) is 0 Å². The molecule has 0 saturated carbocycles. The Morgan fingerprint density at radius 3 is 2.37 bits per heavy atom. The molecule has 110 valence electrons. The summed E-state index contributed by atoms with van der Waals surface area (Å²) in [6.07, 6.45) is 7.34. The minimum absolute atomic E-state index is 0.103. The Morgan fingerprint density at radius 2 is 1.95 bits per heavy atom. The van der Waals surface area contributed by atoms with Gasteiger partial charge < -0.3 is 14.8 Å². The van der Waals surface area contributed by atoms with Gasteiger partial charge in [-0.3, -0.25) is 0 Å². The molecule has 1 rings (SSSR count). The Hall–Kier alpha value is -0.870. The molecular formula is C15H30N4. The minimum Gasteiger partial charge on any atom is -0.334 e. The van der Waals surface area contributed by atoms with Gasteiger partial charge in [-0.1, -0.05) is 20.8 Å². The highest BCUT2D eigenvalue weighted by Crippen LogP contribution is 2.35. The summed E-state index contributed by atoms with van der Waals surface area (Å²) in [5.74, 6) is 1.15. The van der Waals surface area contributed by atoms with E-state index >= 15 is 0 Å². The first-order valence-corrected chi connectivity index (χ1v) is 7.43. The molecule has 0 radical (unpaired) electrons. The van der Waals surface area contributed by atoms with Gasteiger partial charge >= 0.3 is 0 Å². The van der Waals surface area contributed by atoms with Crippen molar-refractivity contribution in [2.75, 3.05) is 21.1 Å². The predicted molar refractivity (Wildman–Crippen MR) is 81.3 cm³/mol. The number of nitrogens with one attached hydrogen (secondary N) is 1. The lowest BCUT2D eigenvalue weighted by Crippen LogP contribution is -2.53. The van der Waals surface area contributed by atoms with E-state index in [1.807, 2.05) is 13.2 Å². The standard InChI is InChI=1S/C15H30N4/c1-7-11-19-12-10-17-14(19)13(16-4)15(8-2,9-3)18(5)6/h10,12-13,16H,7-9,11H2,1-6H3. The maximum atomic E-state index is 4.62. The van der Waals surface area contributed by atoms with Crippen LogP contribution < -0.4 is 5.32 Å². The first-order chi connectivity index (χ1) is 9.07. The lowest BCUT2D eigenvalue weighted by atomic mass is 9.82. The van der Waals surface area contributed by atoms with Crippen LogP contribution in [0.1, 0.15) is 51.9 Å². The fourth-order valence-electron chi connectivity index (χ4n) is 3.20. The first kappa shape index (κ1) is 16.2. The van der Waals surface area contributed by atoms with Crippen LogP contribution in [0.5, 0.6) is 0 Å². The summed E-state index contributed by atoms with van der Waals surface area (Å²) in [5, 5.41) is 3.50. The number of aromatic nitrogens is 2. The molecule has 0 fully saturated rings. The molecule has 19 heavy (non-hydrogen) atoms. The molecule has 4 nitrogen and oxygen atoms in total. The second-order valence-corrected chi connectivity index (χ2v) is 5.41. The van der Waals surface area contributed by atoms with E-state index in [9.17, 15) is 0 Å². The normalized spacial score (nSPS) is 14.1. The first-order valence-electron chi connectivity index (χ1n) is 7.43. The van der Waals surface area contributed by atoms with E-state index in [2.05, 4.69) is 60.8 Å². The van der Waals surface area contributed by atoms with Crippen molar-refractivity contribution in [3.63, 3.8) is 0 Å². The average Bonchev–Trinajstić information content (AvgIpc) is 2.84. The average molecular weight is 266 g/mol. The molecule has 0 saturated heterocycles. The Kier molecular flexibility index (Phi) is 6.01. The van der Waals surface area contributed by atoms with Gasteiger partial charge in [0.25, 0.3) is 0 Å². The van der Waals surface area contributed by atoms with Gasteiger partial charge in [-0.2, -0.15) is 0 Å². The van der Waals surface area contributed by atoms with Crippen LogP contribution in [0.4, 0.5) is 0 Å². The van der Waals surface area contributed by atoms with Gasteiger partial charge in [0.2, 0.25) is 0 Å². The van der Waals surface area contributed by atoms with Crippen LogP contribution in [0.2, 0.25) is 0 Å². The number of rotatable bonds is 8. The van der Waals surface area contributed by atoms with Crippen molar-refractivity contribution < 1.29 is 0 Å². The van der Waals surface area contributed by atoms with Gasteiger partial charge in [0.15, 0.2) is 0 Å². The van der Waals surface area contributed by atoms with E-state index in [1.165, 1.54) is 0 Å². The van der Waals surface area contributed by atoms with Crippen LogP contribution in [0.25, 0.3) is 0 Å². The summed E-state index contributed by atoms with van der Waals surface area (Å²) in [7, 11) is 6.38. The summed E-state index contributed by atoms with van der Waals surface area (Å²) in [6.45, 7) is 7.77. The molecule has 1 heterocycles. The smallest absolute Gasteiger partial charge is 0.127 e. The van der Waals surface area contributed by atoms with Crippen molar-refractivity contribution in [1.82, 2.24) is 19.8 Å². The highest BCUT2D eigenvalue weighted by Gasteiger charge is 2.40. The van der Waals surface area contributed by atoms with Gasteiger partial charge in [0, 0.05) is 24.5 Å². The Balaban J connectivity index is 3.20. The third-order valence-electron chi connectivity index (χ3n) is 4.41. The van der Waals surface area contributed by atoms with Crippen LogP contribution in [-0.4, -0.2) is 41.1 Å². The van der Waals surface area contributed by atoms with Gasteiger partial charge in [0.1, 0.15) is 5.82 Å². The van der Waals surface area contributed by atoms with Gasteiger partial charge in [-0.25, -0.2) is 4.98 Å². The molecule has 0 aliphatic heterocycles. The number of imidazole rings is 1. The predicted octanol–water partition coefficient (Wildman–Crippen LogP) is 2.67. The Morgan fingerprint density at radius 1 is 1.32 bits per heavy atom. The van der Waals surface area contributed by atoms with E-state index in [0.29, 0.717) is 0 Å². The van der Waals surface area contributed by atoms with Crippen LogP contribution in [0, 0.1) is 0 Å². The summed E-state index contributed by atoms with van der Waals surface area (Å²) in [6, 6.07) is 0.249. The number of hydrogen-bond acceptors (Lipinski definition) is 3. The minimum atomic E-state index is 0.103. The lowest BCUT2D eigenvalue weighted by molar-refractivity contribution is 0.0862. The van der Waals surface area contributed by atoms with Crippen molar-refractivity contribution in [3.05, 3.63) is 18.2 Å². The molecule has 1 N–H and O–H groups in total. The maximum Gasteiger partial charge on any atom is 0.127 e. The van der Waals surface area contributed by atoms with E-state index in [0.717, 1.165) is 31.6 Å². The van der Waals surface area contributed by atoms with Gasteiger partial charge in [0.05, 0.1) is 6.04 Å². The van der Waals surface area contributed by atoms with Gasteiger partial charge in [-0.15, -0.1) is 0 Å². The monoisotopic (exact) mass is 266 g/mol. The van der Waals surface area contributed by atoms with Crippen molar-refractivity contribution in [2.24, 2.45) is 0 Å². The fraction of sp³-hybridized carbons (Fsp3) is 0.800. The summed E-state index contributed by atoms with van der Waals surface area (Å²) < 4.78 is 2.28. The second kappa shape index (κ2) is 7.06. The zero-order valence-electron chi connectivity index (χ0n) is 13.4. The van der Waals surface area contributed by atoms with Crippen LogP contribution >= 0.6 is 0 Å². The molecule has 0 bridgehead atoms. The Labute approximate surface area is 118 Å². The molecule has 1 aromatic rings. The third-order valence-corrected chi connectivity index (χ3v) is 4.41. The molecule has 0 aliphatic rings. The van der Waals surface area contributed by atoms with Crippen LogP contribution in [-0.2, 0) is 6.54 Å². The quantitative estimate of drug-likeness (QED) is 0.785. The number of nitrogens with zero attached hydrogens (tertiary/aromatic N) is 3. The van der Waals surface area contributed by atoms with Crippen LogP contribution in [0.15, 0.2) is 12.4 Å². The molecular weight excluding hydrogens is 236 g/mol. The highest BCUT2D eigenvalue weighted by molar-refractivity contribution is 5.10. The molecule has 0 spiro atoms. The molecule has 0 amide bonds. The van der Waals surface area contributed by atoms with Crippen molar-refractivity contribution in [1.29, 1.82) is 0 Å². The zero-order valence-corrected chi connectivity index (χ0v) is 13.4. The topological polar surface area (TPSA) is 33.1 Å². The zero-order chi connectivity index (χ0) is 14.5. The summed E-state index contributed by atoms with van der Waals surface area (Å²) >= 11 is 0. The van der Waals surface area contributed by atoms with E-state index in [1.54, 1.807) is 0 Å².